The summed E-state index contributed by atoms with van der Waals surface area (Å²) in [6.07, 6.45) is 1.99. The van der Waals surface area contributed by atoms with E-state index in [1.54, 1.807) is 7.11 Å². The van der Waals surface area contributed by atoms with E-state index in [1.165, 1.54) is 0 Å². The van der Waals surface area contributed by atoms with Gasteiger partial charge in [-0.3, -0.25) is 4.79 Å². The van der Waals surface area contributed by atoms with Crippen LogP contribution in [0.25, 0.3) is 0 Å². The lowest BCUT2D eigenvalue weighted by molar-refractivity contribution is -0.123. The Morgan fingerprint density at radius 2 is 2.32 bits per heavy atom. The summed E-state index contributed by atoms with van der Waals surface area (Å²) in [4.78, 5) is 12.1. The fourth-order valence-electron chi connectivity index (χ4n) is 2.49. The SMILES string of the molecule is COc1ccc(C)cc1C(C)NC(=O)[C@H]1CCCN1. The number of methoxy groups -OCH3 is 1. The molecule has 0 aliphatic carbocycles. The lowest BCUT2D eigenvalue weighted by Gasteiger charge is -2.20. The maximum absolute atomic E-state index is 12.1. The van der Waals surface area contributed by atoms with Crippen LogP contribution in [0.2, 0.25) is 0 Å². The Morgan fingerprint density at radius 1 is 1.53 bits per heavy atom. The second-order valence-corrected chi connectivity index (χ2v) is 5.12. The van der Waals surface area contributed by atoms with E-state index in [0.717, 1.165) is 36.3 Å². The molecule has 1 aliphatic rings. The molecule has 104 valence electrons. The summed E-state index contributed by atoms with van der Waals surface area (Å²) in [6.45, 7) is 4.96. The molecule has 1 saturated heterocycles. The molecular weight excluding hydrogens is 240 g/mol. The third-order valence-electron chi connectivity index (χ3n) is 3.59. The second-order valence-electron chi connectivity index (χ2n) is 5.12. The normalized spacial score (nSPS) is 20.1. The highest BCUT2D eigenvalue weighted by atomic mass is 16.5. The van der Waals surface area contributed by atoms with Crippen LogP contribution in [0.1, 0.15) is 36.9 Å². The largest absolute Gasteiger partial charge is 0.496 e. The molecule has 1 fully saturated rings. The first-order chi connectivity index (χ1) is 9.11. The molecule has 2 N–H and O–H groups in total. The summed E-state index contributed by atoms with van der Waals surface area (Å²) >= 11 is 0. The van der Waals surface area contributed by atoms with Crippen LogP contribution >= 0.6 is 0 Å². The predicted octanol–water partition coefficient (Wildman–Crippen LogP) is 1.93. The molecule has 1 aliphatic heterocycles. The molecular formula is C15H22N2O2. The van der Waals surface area contributed by atoms with Crippen molar-refractivity contribution in [2.75, 3.05) is 13.7 Å². The second kappa shape index (κ2) is 6.06. The average molecular weight is 262 g/mol. The van der Waals surface area contributed by atoms with Crippen molar-refractivity contribution in [1.29, 1.82) is 0 Å². The number of aryl methyl sites for hydroxylation is 1. The van der Waals surface area contributed by atoms with E-state index in [-0.39, 0.29) is 18.0 Å². The van der Waals surface area contributed by atoms with Crippen molar-refractivity contribution >= 4 is 5.91 Å². The minimum absolute atomic E-state index is 0.0433. The number of carbonyl (C=O) groups is 1. The van der Waals surface area contributed by atoms with Gasteiger partial charge in [0.2, 0.25) is 5.91 Å². The molecule has 19 heavy (non-hydrogen) atoms. The minimum atomic E-state index is -0.0512. The predicted molar refractivity (Wildman–Crippen MR) is 75.3 cm³/mol. The lowest BCUT2D eigenvalue weighted by atomic mass is 10.0. The Bertz CT molecular complexity index is 453. The molecule has 1 unspecified atom stereocenters. The summed E-state index contributed by atoms with van der Waals surface area (Å²) in [5.74, 6) is 0.895. The first kappa shape index (κ1) is 13.9. The van der Waals surface area contributed by atoms with Gasteiger partial charge in [0.05, 0.1) is 19.2 Å². The van der Waals surface area contributed by atoms with Crippen molar-refractivity contribution in [3.05, 3.63) is 29.3 Å². The van der Waals surface area contributed by atoms with Gasteiger partial charge in [-0.1, -0.05) is 17.7 Å². The molecule has 0 aromatic heterocycles. The summed E-state index contributed by atoms with van der Waals surface area (Å²) in [7, 11) is 1.65. The zero-order valence-electron chi connectivity index (χ0n) is 11.8. The van der Waals surface area contributed by atoms with Gasteiger partial charge in [-0.25, -0.2) is 0 Å². The Kier molecular flexibility index (Phi) is 4.43. The van der Waals surface area contributed by atoms with Gasteiger partial charge in [0.15, 0.2) is 0 Å². The first-order valence-electron chi connectivity index (χ1n) is 6.80. The summed E-state index contributed by atoms with van der Waals surface area (Å²) in [5.41, 5.74) is 2.18. The van der Waals surface area contributed by atoms with Gasteiger partial charge in [0.25, 0.3) is 0 Å². The lowest BCUT2D eigenvalue weighted by Crippen LogP contribution is -2.41. The highest BCUT2D eigenvalue weighted by Crippen LogP contribution is 2.26. The molecule has 2 atom stereocenters. The average Bonchev–Trinajstić information content (AvgIpc) is 2.92. The van der Waals surface area contributed by atoms with Crippen LogP contribution in [-0.2, 0) is 4.79 Å². The number of ether oxygens (including phenoxy) is 1. The number of amides is 1. The molecule has 0 bridgehead atoms. The van der Waals surface area contributed by atoms with Gasteiger partial charge >= 0.3 is 0 Å². The van der Waals surface area contributed by atoms with E-state index in [0.29, 0.717) is 0 Å². The zero-order chi connectivity index (χ0) is 13.8. The number of benzene rings is 1. The molecule has 2 rings (SSSR count). The van der Waals surface area contributed by atoms with E-state index in [2.05, 4.69) is 16.7 Å². The smallest absolute Gasteiger partial charge is 0.237 e. The van der Waals surface area contributed by atoms with Crippen LogP contribution in [-0.4, -0.2) is 25.6 Å². The van der Waals surface area contributed by atoms with Crippen LogP contribution in [0.15, 0.2) is 18.2 Å². The number of hydrogen-bond acceptors (Lipinski definition) is 3. The number of nitrogens with one attached hydrogen (secondary N) is 2. The van der Waals surface area contributed by atoms with E-state index in [9.17, 15) is 4.79 Å². The molecule has 0 spiro atoms. The van der Waals surface area contributed by atoms with E-state index in [1.807, 2.05) is 26.0 Å². The molecule has 1 heterocycles. The zero-order valence-corrected chi connectivity index (χ0v) is 11.8. The monoisotopic (exact) mass is 262 g/mol. The maximum atomic E-state index is 12.1. The molecule has 0 radical (unpaired) electrons. The fourth-order valence-corrected chi connectivity index (χ4v) is 2.49. The molecule has 4 heteroatoms. The summed E-state index contributed by atoms with van der Waals surface area (Å²) in [6, 6.07) is 5.92. The van der Waals surface area contributed by atoms with Gasteiger partial charge in [0, 0.05) is 5.56 Å². The number of carbonyl (C=O) groups excluding carboxylic acids is 1. The third-order valence-corrected chi connectivity index (χ3v) is 3.59. The Hall–Kier alpha value is -1.55. The third kappa shape index (κ3) is 3.26. The number of rotatable bonds is 4. The van der Waals surface area contributed by atoms with E-state index >= 15 is 0 Å². The Morgan fingerprint density at radius 3 is 2.95 bits per heavy atom. The van der Waals surface area contributed by atoms with Crippen LogP contribution in [0, 0.1) is 6.92 Å². The minimum Gasteiger partial charge on any atom is -0.496 e. The molecule has 0 saturated carbocycles. The van der Waals surface area contributed by atoms with Gasteiger partial charge in [0.1, 0.15) is 5.75 Å². The summed E-state index contributed by atoms with van der Waals surface area (Å²) in [5, 5.41) is 6.27. The van der Waals surface area contributed by atoms with Gasteiger partial charge in [-0.05, 0) is 39.3 Å². The van der Waals surface area contributed by atoms with Gasteiger partial charge in [-0.2, -0.15) is 0 Å². The van der Waals surface area contributed by atoms with Crippen LogP contribution in [0.3, 0.4) is 0 Å². The van der Waals surface area contributed by atoms with Crippen molar-refractivity contribution in [3.63, 3.8) is 0 Å². The van der Waals surface area contributed by atoms with Crippen molar-refractivity contribution in [2.24, 2.45) is 0 Å². The van der Waals surface area contributed by atoms with Gasteiger partial charge in [-0.15, -0.1) is 0 Å². The quantitative estimate of drug-likeness (QED) is 0.871. The van der Waals surface area contributed by atoms with Crippen molar-refractivity contribution in [1.82, 2.24) is 10.6 Å². The molecule has 1 aromatic rings. The van der Waals surface area contributed by atoms with Crippen LogP contribution in [0.5, 0.6) is 5.75 Å². The topological polar surface area (TPSA) is 50.4 Å². The fraction of sp³-hybridized carbons (Fsp3) is 0.533. The Labute approximate surface area is 114 Å². The highest BCUT2D eigenvalue weighted by molar-refractivity contribution is 5.82. The molecule has 4 nitrogen and oxygen atoms in total. The van der Waals surface area contributed by atoms with Crippen molar-refractivity contribution in [3.8, 4) is 5.75 Å². The van der Waals surface area contributed by atoms with E-state index < -0.39 is 0 Å². The highest BCUT2D eigenvalue weighted by Gasteiger charge is 2.24. The van der Waals surface area contributed by atoms with Gasteiger partial charge < -0.3 is 15.4 Å². The van der Waals surface area contributed by atoms with Crippen molar-refractivity contribution < 1.29 is 9.53 Å². The molecule has 1 aromatic carbocycles. The standard InChI is InChI=1S/C15H22N2O2/c1-10-6-7-14(19-3)12(9-10)11(2)17-15(18)13-5-4-8-16-13/h6-7,9,11,13,16H,4-5,8H2,1-3H3,(H,17,18)/t11?,13-/m1/s1. The van der Waals surface area contributed by atoms with Crippen molar-refractivity contribution in [2.45, 2.75) is 38.8 Å². The number of hydrogen-bond donors (Lipinski definition) is 2. The van der Waals surface area contributed by atoms with Crippen LogP contribution < -0.4 is 15.4 Å². The summed E-state index contributed by atoms with van der Waals surface area (Å²) < 4.78 is 5.36. The molecule has 1 amide bonds. The maximum Gasteiger partial charge on any atom is 0.237 e. The first-order valence-corrected chi connectivity index (χ1v) is 6.80. The Balaban J connectivity index is 2.08. The van der Waals surface area contributed by atoms with E-state index in [4.69, 9.17) is 4.74 Å². The van der Waals surface area contributed by atoms with Crippen LogP contribution in [0.4, 0.5) is 0 Å².